The Morgan fingerprint density at radius 3 is 2.61 bits per heavy atom. The molecule has 0 aliphatic heterocycles. The van der Waals surface area contributed by atoms with E-state index in [9.17, 15) is 4.79 Å². The van der Waals surface area contributed by atoms with Gasteiger partial charge in [0.15, 0.2) is 0 Å². The second-order valence-corrected chi connectivity index (χ2v) is 6.36. The zero-order valence-corrected chi connectivity index (χ0v) is 13.1. The number of nitrogens with zero attached hydrogens (tertiary/aromatic N) is 2. The summed E-state index contributed by atoms with van der Waals surface area (Å²) in [5.74, 6) is -0.0962. The summed E-state index contributed by atoms with van der Waals surface area (Å²) in [6.45, 7) is 9.78. The third-order valence-electron chi connectivity index (χ3n) is 3.00. The van der Waals surface area contributed by atoms with E-state index >= 15 is 0 Å². The fraction of sp³-hybridized carbons (Fsp3) is 0.615. The van der Waals surface area contributed by atoms with Gasteiger partial charge in [-0.25, -0.2) is 0 Å². The molecule has 1 unspecified atom stereocenters. The second-order valence-electron chi connectivity index (χ2n) is 4.99. The van der Waals surface area contributed by atoms with Crippen molar-refractivity contribution in [3.8, 4) is 0 Å². The molecule has 0 radical (unpaired) electrons. The number of halogens is 1. The molecule has 18 heavy (non-hydrogen) atoms. The molecule has 1 amide bonds. The Labute approximate surface area is 117 Å². The topological polar surface area (TPSA) is 54.9 Å². The molecule has 1 heterocycles. The van der Waals surface area contributed by atoms with Gasteiger partial charge >= 0.3 is 0 Å². The Kier molecular flexibility index (Phi) is 4.85. The first-order valence-electron chi connectivity index (χ1n) is 6.07. The zero-order valence-electron chi connectivity index (χ0n) is 11.5. The van der Waals surface area contributed by atoms with Crippen molar-refractivity contribution in [3.05, 3.63) is 23.0 Å². The molecular weight excluding hydrogens is 294 g/mol. The molecule has 0 bridgehead atoms. The highest BCUT2D eigenvalue weighted by atomic mass is 79.9. The minimum Gasteiger partial charge on any atom is -0.346 e. The third-order valence-corrected chi connectivity index (χ3v) is 4.15. The van der Waals surface area contributed by atoms with Gasteiger partial charge in [-0.1, -0.05) is 29.8 Å². The average molecular weight is 314 g/mol. The van der Waals surface area contributed by atoms with Gasteiger partial charge in [-0.15, -0.1) is 0 Å². The summed E-state index contributed by atoms with van der Waals surface area (Å²) in [6.07, 6.45) is 0.695. The standard InChI is InChI=1S/C13H20BrN3O/c1-6-11-10(7-8(2)16-17-11)12(18)15-13(4,5)9(3)14/h7,9H,6H2,1-5H3,(H,15,18). The molecule has 5 heteroatoms. The number of amides is 1. The van der Waals surface area contributed by atoms with Crippen molar-refractivity contribution in [2.75, 3.05) is 0 Å². The molecule has 4 nitrogen and oxygen atoms in total. The molecule has 1 atom stereocenters. The van der Waals surface area contributed by atoms with E-state index in [1.165, 1.54) is 0 Å². The molecule has 1 aromatic rings. The molecule has 0 saturated heterocycles. The first-order valence-corrected chi connectivity index (χ1v) is 6.99. The Balaban J connectivity index is 3.01. The van der Waals surface area contributed by atoms with Crippen LogP contribution in [-0.2, 0) is 6.42 Å². The van der Waals surface area contributed by atoms with Crippen molar-refractivity contribution >= 4 is 21.8 Å². The van der Waals surface area contributed by atoms with Crippen LogP contribution in [0.4, 0.5) is 0 Å². The van der Waals surface area contributed by atoms with Crippen molar-refractivity contribution in [1.82, 2.24) is 15.5 Å². The van der Waals surface area contributed by atoms with Crippen LogP contribution in [0.5, 0.6) is 0 Å². The van der Waals surface area contributed by atoms with Crippen LogP contribution in [0.25, 0.3) is 0 Å². The van der Waals surface area contributed by atoms with Crippen molar-refractivity contribution in [2.45, 2.75) is 51.4 Å². The summed E-state index contributed by atoms with van der Waals surface area (Å²) < 4.78 is 0. The normalized spacial score (nSPS) is 13.2. The van der Waals surface area contributed by atoms with Gasteiger partial charge in [-0.2, -0.15) is 10.2 Å². The number of hydrogen-bond donors (Lipinski definition) is 1. The van der Waals surface area contributed by atoms with E-state index in [-0.39, 0.29) is 16.3 Å². The Morgan fingerprint density at radius 2 is 2.11 bits per heavy atom. The van der Waals surface area contributed by atoms with E-state index in [2.05, 4.69) is 31.4 Å². The summed E-state index contributed by atoms with van der Waals surface area (Å²) in [6, 6.07) is 1.79. The van der Waals surface area contributed by atoms with E-state index in [0.717, 1.165) is 11.4 Å². The maximum Gasteiger partial charge on any atom is 0.253 e. The van der Waals surface area contributed by atoms with Crippen molar-refractivity contribution in [1.29, 1.82) is 0 Å². The Bertz CT molecular complexity index is 444. The molecule has 0 aromatic carbocycles. The third kappa shape index (κ3) is 3.51. The first-order chi connectivity index (χ1) is 8.27. The van der Waals surface area contributed by atoms with Crippen LogP contribution in [0.15, 0.2) is 6.07 Å². The molecule has 1 rings (SSSR count). The molecule has 0 aliphatic carbocycles. The molecule has 1 N–H and O–H groups in total. The fourth-order valence-corrected chi connectivity index (χ4v) is 1.55. The summed E-state index contributed by atoms with van der Waals surface area (Å²) in [5.41, 5.74) is 1.78. The quantitative estimate of drug-likeness (QED) is 0.869. The Hall–Kier alpha value is -0.970. The number of hydrogen-bond acceptors (Lipinski definition) is 3. The SMILES string of the molecule is CCc1nnc(C)cc1C(=O)NC(C)(C)C(C)Br. The smallest absolute Gasteiger partial charge is 0.253 e. The lowest BCUT2D eigenvalue weighted by Gasteiger charge is -2.29. The lowest BCUT2D eigenvalue weighted by molar-refractivity contribution is 0.0912. The molecular formula is C13H20BrN3O. The second kappa shape index (κ2) is 5.78. The highest BCUT2D eigenvalue weighted by Gasteiger charge is 2.27. The summed E-state index contributed by atoms with van der Waals surface area (Å²) >= 11 is 3.50. The van der Waals surface area contributed by atoms with Gasteiger partial charge in [0, 0.05) is 10.4 Å². The zero-order chi connectivity index (χ0) is 13.9. The highest BCUT2D eigenvalue weighted by Crippen LogP contribution is 2.18. The average Bonchev–Trinajstić information content (AvgIpc) is 2.28. The number of aryl methyl sites for hydroxylation is 2. The van der Waals surface area contributed by atoms with Gasteiger partial charge in [-0.05, 0) is 33.3 Å². The number of rotatable bonds is 4. The lowest BCUT2D eigenvalue weighted by Crippen LogP contribution is -2.49. The van der Waals surface area contributed by atoms with E-state index in [1.54, 1.807) is 6.07 Å². The Morgan fingerprint density at radius 1 is 1.50 bits per heavy atom. The number of alkyl halides is 1. The summed E-state index contributed by atoms with van der Waals surface area (Å²) in [4.78, 5) is 12.5. The van der Waals surface area contributed by atoms with E-state index in [4.69, 9.17) is 0 Å². The molecule has 1 aromatic heterocycles. The fourth-order valence-electron chi connectivity index (χ4n) is 1.43. The van der Waals surface area contributed by atoms with Gasteiger partial charge in [0.1, 0.15) is 0 Å². The lowest BCUT2D eigenvalue weighted by atomic mass is 10.0. The van der Waals surface area contributed by atoms with Crippen LogP contribution in [0.2, 0.25) is 0 Å². The highest BCUT2D eigenvalue weighted by molar-refractivity contribution is 9.09. The predicted molar refractivity (Wildman–Crippen MR) is 76.1 cm³/mol. The number of aromatic nitrogens is 2. The van der Waals surface area contributed by atoms with Gasteiger partial charge in [0.25, 0.3) is 5.91 Å². The van der Waals surface area contributed by atoms with Crippen LogP contribution in [0.1, 0.15) is 49.4 Å². The van der Waals surface area contributed by atoms with Gasteiger partial charge < -0.3 is 5.32 Å². The largest absolute Gasteiger partial charge is 0.346 e. The minimum absolute atomic E-state index is 0.0962. The molecule has 0 saturated carbocycles. The maximum atomic E-state index is 12.3. The molecule has 0 spiro atoms. The van der Waals surface area contributed by atoms with Crippen molar-refractivity contribution < 1.29 is 4.79 Å². The molecule has 100 valence electrons. The van der Waals surface area contributed by atoms with Gasteiger partial charge in [-0.3, -0.25) is 4.79 Å². The monoisotopic (exact) mass is 313 g/mol. The number of carbonyl (C=O) groups excluding carboxylic acids is 1. The van der Waals surface area contributed by atoms with Crippen LogP contribution < -0.4 is 5.32 Å². The van der Waals surface area contributed by atoms with Crippen LogP contribution >= 0.6 is 15.9 Å². The maximum absolute atomic E-state index is 12.3. The van der Waals surface area contributed by atoms with Crippen LogP contribution in [0.3, 0.4) is 0 Å². The number of carbonyl (C=O) groups is 1. The summed E-state index contributed by atoms with van der Waals surface area (Å²) in [5, 5.41) is 11.1. The van der Waals surface area contributed by atoms with Gasteiger partial charge in [0.05, 0.1) is 17.0 Å². The van der Waals surface area contributed by atoms with Crippen molar-refractivity contribution in [3.63, 3.8) is 0 Å². The van der Waals surface area contributed by atoms with Gasteiger partial charge in [0.2, 0.25) is 0 Å². The van der Waals surface area contributed by atoms with Crippen LogP contribution in [-0.4, -0.2) is 26.5 Å². The van der Waals surface area contributed by atoms with Crippen molar-refractivity contribution in [2.24, 2.45) is 0 Å². The van der Waals surface area contributed by atoms with Crippen LogP contribution in [0, 0.1) is 6.92 Å². The minimum atomic E-state index is -0.320. The van der Waals surface area contributed by atoms with E-state index in [1.807, 2.05) is 34.6 Å². The number of nitrogens with one attached hydrogen (secondary N) is 1. The molecule has 0 aliphatic rings. The first kappa shape index (κ1) is 15.1. The molecule has 0 fully saturated rings. The van der Waals surface area contributed by atoms with E-state index < -0.39 is 0 Å². The summed E-state index contributed by atoms with van der Waals surface area (Å²) in [7, 11) is 0. The van der Waals surface area contributed by atoms with E-state index in [0.29, 0.717) is 12.0 Å². The predicted octanol–water partition coefficient (Wildman–Crippen LogP) is 2.64.